The first kappa shape index (κ1) is 23.0. The zero-order chi connectivity index (χ0) is 23.2. The average molecular weight is 449 g/mol. The summed E-state index contributed by atoms with van der Waals surface area (Å²) in [6.07, 6.45) is 7.62. The van der Waals surface area contributed by atoms with Gasteiger partial charge in [0.05, 0.1) is 12.9 Å². The molecule has 172 valence electrons. The van der Waals surface area contributed by atoms with Crippen LogP contribution in [0.5, 0.6) is 11.5 Å². The highest BCUT2D eigenvalue weighted by atomic mass is 19.2. The Morgan fingerprint density at radius 3 is 2.21 bits per heavy atom. The van der Waals surface area contributed by atoms with Crippen LogP contribution in [0.3, 0.4) is 0 Å². The number of ether oxygens (including phenoxy) is 2. The van der Waals surface area contributed by atoms with Crippen molar-refractivity contribution in [1.29, 1.82) is 0 Å². The molecule has 0 amide bonds. The number of rotatable bonds is 7. The van der Waals surface area contributed by atoms with Crippen molar-refractivity contribution >= 4 is 0 Å². The van der Waals surface area contributed by atoms with Crippen molar-refractivity contribution in [1.82, 2.24) is 0 Å². The summed E-state index contributed by atoms with van der Waals surface area (Å²) in [4.78, 5) is 0. The number of aryl methyl sites for hydroxylation is 1. The monoisotopic (exact) mass is 448 g/mol. The molecule has 4 rings (SSSR count). The Bertz CT molecular complexity index is 1080. The van der Waals surface area contributed by atoms with Gasteiger partial charge in [0, 0.05) is 5.56 Å². The summed E-state index contributed by atoms with van der Waals surface area (Å²) >= 11 is 0. The molecular weight excluding hydrogens is 418 g/mol. The molecule has 3 aromatic rings. The molecule has 0 radical (unpaired) electrons. The Labute approximate surface area is 194 Å². The third kappa shape index (κ3) is 5.62. The number of benzene rings is 3. The van der Waals surface area contributed by atoms with E-state index in [4.69, 9.17) is 9.47 Å². The molecule has 0 aromatic heterocycles. The fourth-order valence-corrected chi connectivity index (χ4v) is 4.43. The summed E-state index contributed by atoms with van der Waals surface area (Å²) in [6.45, 7) is 4.54. The predicted molar refractivity (Wildman–Crippen MR) is 129 cm³/mol. The minimum Gasteiger partial charge on any atom is -0.493 e. The minimum absolute atomic E-state index is 0.133. The zero-order valence-corrected chi connectivity index (χ0v) is 19.2. The van der Waals surface area contributed by atoms with E-state index in [-0.39, 0.29) is 11.3 Å². The Kier molecular flexibility index (Phi) is 7.43. The SMILES string of the molecule is C/C=C/Oc1ccc(-c2ccc(OCC3CCC(c4ccc(C)cc4)CC3)cc2)c(F)c1F. The van der Waals surface area contributed by atoms with E-state index in [2.05, 4.69) is 31.2 Å². The second kappa shape index (κ2) is 10.7. The smallest absolute Gasteiger partial charge is 0.201 e. The van der Waals surface area contributed by atoms with E-state index in [1.165, 1.54) is 42.4 Å². The molecule has 0 heterocycles. The first-order chi connectivity index (χ1) is 16.0. The van der Waals surface area contributed by atoms with E-state index < -0.39 is 11.6 Å². The number of hydrogen-bond donors (Lipinski definition) is 0. The number of hydrogen-bond acceptors (Lipinski definition) is 2. The molecule has 0 spiro atoms. The number of halogens is 2. The molecular formula is C29H30F2O2. The molecule has 0 unspecified atom stereocenters. The summed E-state index contributed by atoms with van der Waals surface area (Å²) < 4.78 is 39.9. The van der Waals surface area contributed by atoms with Gasteiger partial charge in [0.15, 0.2) is 11.6 Å². The molecule has 0 N–H and O–H groups in total. The van der Waals surface area contributed by atoms with Crippen molar-refractivity contribution in [2.45, 2.75) is 45.4 Å². The minimum atomic E-state index is -0.993. The predicted octanol–water partition coefficient (Wildman–Crippen LogP) is 8.21. The van der Waals surface area contributed by atoms with Crippen molar-refractivity contribution < 1.29 is 18.3 Å². The summed E-state index contributed by atoms with van der Waals surface area (Å²) in [7, 11) is 0. The van der Waals surface area contributed by atoms with Crippen LogP contribution < -0.4 is 9.47 Å². The second-order valence-corrected chi connectivity index (χ2v) is 8.79. The molecule has 1 fully saturated rings. The molecule has 33 heavy (non-hydrogen) atoms. The molecule has 1 saturated carbocycles. The molecule has 2 nitrogen and oxygen atoms in total. The highest BCUT2D eigenvalue weighted by Crippen LogP contribution is 2.36. The lowest BCUT2D eigenvalue weighted by molar-refractivity contribution is 0.200. The molecule has 0 atom stereocenters. The maximum Gasteiger partial charge on any atom is 0.201 e. The summed E-state index contributed by atoms with van der Waals surface area (Å²) in [6, 6.07) is 19.0. The molecule has 0 saturated heterocycles. The summed E-state index contributed by atoms with van der Waals surface area (Å²) in [5.41, 5.74) is 3.53. The number of allylic oxidation sites excluding steroid dienone is 1. The van der Waals surface area contributed by atoms with Crippen LogP contribution in [0.1, 0.15) is 49.7 Å². The highest BCUT2D eigenvalue weighted by Gasteiger charge is 2.23. The first-order valence-electron chi connectivity index (χ1n) is 11.6. The van der Waals surface area contributed by atoms with Crippen LogP contribution in [0.25, 0.3) is 11.1 Å². The second-order valence-electron chi connectivity index (χ2n) is 8.79. The quantitative estimate of drug-likeness (QED) is 0.339. The van der Waals surface area contributed by atoms with Gasteiger partial charge in [-0.3, -0.25) is 0 Å². The molecule has 1 aliphatic carbocycles. The topological polar surface area (TPSA) is 18.5 Å². The van der Waals surface area contributed by atoms with Crippen LogP contribution in [-0.4, -0.2) is 6.61 Å². The lowest BCUT2D eigenvalue weighted by Crippen LogP contribution is -2.19. The van der Waals surface area contributed by atoms with Crippen molar-refractivity contribution in [3.05, 3.63) is 95.8 Å². The third-order valence-electron chi connectivity index (χ3n) is 6.42. The standard InChI is InChI=1S/C29H30F2O2/c1-3-18-32-27-17-16-26(28(30)29(27)31)24-12-14-25(15-13-24)33-19-21-6-10-23(11-7-21)22-8-4-20(2)5-9-22/h3-5,8-9,12-18,21,23H,6-7,10-11,19H2,1-2H3/b18-3+. The molecule has 0 aliphatic heterocycles. The van der Waals surface area contributed by atoms with Gasteiger partial charge in [-0.25, -0.2) is 4.39 Å². The van der Waals surface area contributed by atoms with Gasteiger partial charge in [0.1, 0.15) is 5.75 Å². The Balaban J connectivity index is 1.31. The fourth-order valence-electron chi connectivity index (χ4n) is 4.43. The molecule has 0 bridgehead atoms. The van der Waals surface area contributed by atoms with Crippen molar-refractivity contribution in [3.63, 3.8) is 0 Å². The maximum atomic E-state index is 14.5. The molecule has 1 aliphatic rings. The Morgan fingerprint density at radius 1 is 0.848 bits per heavy atom. The van der Waals surface area contributed by atoms with Gasteiger partial charge in [-0.1, -0.05) is 48.0 Å². The molecule has 4 heteroatoms. The van der Waals surface area contributed by atoms with E-state index in [0.29, 0.717) is 24.0 Å². The van der Waals surface area contributed by atoms with Gasteiger partial charge in [-0.15, -0.1) is 0 Å². The first-order valence-corrected chi connectivity index (χ1v) is 11.6. The van der Waals surface area contributed by atoms with Crippen LogP contribution in [0.15, 0.2) is 73.0 Å². The largest absolute Gasteiger partial charge is 0.493 e. The fraction of sp³-hybridized carbons (Fsp3) is 0.310. The van der Waals surface area contributed by atoms with E-state index in [1.807, 2.05) is 12.1 Å². The summed E-state index contributed by atoms with van der Waals surface area (Å²) in [5, 5.41) is 0. The van der Waals surface area contributed by atoms with Crippen LogP contribution >= 0.6 is 0 Å². The van der Waals surface area contributed by atoms with Gasteiger partial charge in [-0.2, -0.15) is 4.39 Å². The van der Waals surface area contributed by atoms with E-state index in [1.54, 1.807) is 25.1 Å². The normalized spacial score (nSPS) is 18.4. The van der Waals surface area contributed by atoms with Crippen LogP contribution in [-0.2, 0) is 0 Å². The van der Waals surface area contributed by atoms with Gasteiger partial charge in [0.25, 0.3) is 0 Å². The molecule has 3 aromatic carbocycles. The van der Waals surface area contributed by atoms with E-state index in [0.717, 1.165) is 18.6 Å². The van der Waals surface area contributed by atoms with Gasteiger partial charge in [-0.05, 0) is 86.8 Å². The van der Waals surface area contributed by atoms with Gasteiger partial charge < -0.3 is 9.47 Å². The Hall–Kier alpha value is -3.14. The van der Waals surface area contributed by atoms with E-state index in [9.17, 15) is 8.78 Å². The zero-order valence-electron chi connectivity index (χ0n) is 19.2. The highest BCUT2D eigenvalue weighted by molar-refractivity contribution is 5.66. The lowest BCUT2D eigenvalue weighted by Gasteiger charge is -2.28. The van der Waals surface area contributed by atoms with Crippen molar-refractivity contribution in [3.8, 4) is 22.6 Å². The van der Waals surface area contributed by atoms with Crippen LogP contribution in [0.4, 0.5) is 8.78 Å². The maximum absolute atomic E-state index is 14.5. The van der Waals surface area contributed by atoms with Crippen molar-refractivity contribution in [2.75, 3.05) is 6.61 Å². The van der Waals surface area contributed by atoms with Gasteiger partial charge in [0.2, 0.25) is 5.82 Å². The van der Waals surface area contributed by atoms with Crippen LogP contribution in [0.2, 0.25) is 0 Å². The van der Waals surface area contributed by atoms with Crippen LogP contribution in [0, 0.1) is 24.5 Å². The lowest BCUT2D eigenvalue weighted by atomic mass is 9.79. The Morgan fingerprint density at radius 2 is 1.55 bits per heavy atom. The van der Waals surface area contributed by atoms with E-state index >= 15 is 0 Å². The summed E-state index contributed by atoms with van der Waals surface area (Å²) in [5.74, 6) is -0.114. The average Bonchev–Trinajstić information content (AvgIpc) is 2.85. The van der Waals surface area contributed by atoms with Gasteiger partial charge >= 0.3 is 0 Å². The third-order valence-corrected chi connectivity index (χ3v) is 6.42. The van der Waals surface area contributed by atoms with Crippen molar-refractivity contribution in [2.24, 2.45) is 5.92 Å².